The lowest BCUT2D eigenvalue weighted by Gasteiger charge is -2.31. The molecular formula is C8H10ClN5O3S. The van der Waals surface area contributed by atoms with Gasteiger partial charge in [-0.25, -0.2) is 20.1 Å². The summed E-state index contributed by atoms with van der Waals surface area (Å²) in [5.41, 5.74) is 2.03. The van der Waals surface area contributed by atoms with Gasteiger partial charge in [0, 0.05) is 24.5 Å². The van der Waals surface area contributed by atoms with Crippen LogP contribution < -0.4 is 5.43 Å². The van der Waals surface area contributed by atoms with E-state index in [1.807, 2.05) is 5.43 Å². The van der Waals surface area contributed by atoms with Crippen molar-refractivity contribution in [3.8, 4) is 0 Å². The Labute approximate surface area is 111 Å². The van der Waals surface area contributed by atoms with Crippen LogP contribution in [0.2, 0.25) is 4.47 Å². The predicted octanol–water partition coefficient (Wildman–Crippen LogP) is 0.722. The first-order chi connectivity index (χ1) is 8.56. The van der Waals surface area contributed by atoms with Gasteiger partial charge >= 0.3 is 0 Å². The highest BCUT2D eigenvalue weighted by Gasteiger charge is 2.26. The molecule has 1 aromatic heterocycles. The highest BCUT2D eigenvalue weighted by Crippen LogP contribution is 2.21. The second-order valence-electron chi connectivity index (χ2n) is 3.50. The van der Waals surface area contributed by atoms with Gasteiger partial charge in [-0.05, 0) is 0 Å². The number of guanidine groups is 1. The molecule has 0 saturated carbocycles. The average Bonchev–Trinajstić information content (AvgIpc) is 2.69. The number of ether oxygens (including phenoxy) is 1. The molecule has 1 N–H and O–H groups in total. The zero-order valence-electron chi connectivity index (χ0n) is 9.37. The van der Waals surface area contributed by atoms with E-state index in [2.05, 4.69) is 9.98 Å². The van der Waals surface area contributed by atoms with Crippen LogP contribution in [0, 0.1) is 10.1 Å². The molecule has 1 aliphatic heterocycles. The third-order valence-electron chi connectivity index (χ3n) is 2.34. The molecule has 1 atom stereocenters. The molecule has 2 heterocycles. The maximum Gasteiger partial charge on any atom is 0.260 e. The number of rotatable bonds is 3. The van der Waals surface area contributed by atoms with E-state index in [1.54, 1.807) is 18.1 Å². The van der Waals surface area contributed by atoms with Gasteiger partial charge in [-0.15, -0.1) is 11.3 Å². The molecule has 0 bridgehead atoms. The first-order valence-corrected chi connectivity index (χ1v) is 6.16. The van der Waals surface area contributed by atoms with Crippen LogP contribution >= 0.6 is 22.9 Å². The normalized spacial score (nSPS) is 19.6. The van der Waals surface area contributed by atoms with Crippen molar-refractivity contribution in [1.29, 1.82) is 0 Å². The molecule has 0 radical (unpaired) electrons. The van der Waals surface area contributed by atoms with Crippen LogP contribution in [0.25, 0.3) is 0 Å². The van der Waals surface area contributed by atoms with Crippen LogP contribution in [-0.2, 0) is 11.2 Å². The zero-order valence-corrected chi connectivity index (χ0v) is 10.9. The summed E-state index contributed by atoms with van der Waals surface area (Å²) in [6, 6.07) is 0. The number of likely N-dealkylation sites (N-methyl/N-ethyl adjacent to an activating group) is 1. The lowest BCUT2D eigenvalue weighted by molar-refractivity contribution is -0.527. The molecule has 0 saturated heterocycles. The minimum atomic E-state index is -0.652. The quantitative estimate of drug-likeness (QED) is 0.651. The van der Waals surface area contributed by atoms with Gasteiger partial charge in [0.25, 0.3) is 5.96 Å². The molecule has 18 heavy (non-hydrogen) atoms. The Morgan fingerprint density at radius 1 is 1.83 bits per heavy atom. The second kappa shape index (κ2) is 5.46. The van der Waals surface area contributed by atoms with Crippen LogP contribution in [0.15, 0.2) is 11.2 Å². The van der Waals surface area contributed by atoms with E-state index in [-0.39, 0.29) is 18.9 Å². The number of halogens is 1. The molecule has 1 aromatic rings. The number of nitro groups is 1. The molecule has 0 fully saturated rings. The highest BCUT2D eigenvalue weighted by atomic mass is 35.5. The number of hydrogen-bond donors (Lipinski definition) is 1. The number of thiazole rings is 1. The smallest absolute Gasteiger partial charge is 0.260 e. The van der Waals surface area contributed by atoms with E-state index in [0.717, 1.165) is 4.88 Å². The third kappa shape index (κ3) is 3.06. The van der Waals surface area contributed by atoms with Gasteiger partial charge in [0.05, 0.1) is 0 Å². The fourth-order valence-corrected chi connectivity index (χ4v) is 2.49. The molecule has 0 aliphatic carbocycles. The van der Waals surface area contributed by atoms with Crippen LogP contribution in [-0.4, -0.2) is 40.9 Å². The van der Waals surface area contributed by atoms with E-state index in [9.17, 15) is 10.1 Å². The van der Waals surface area contributed by atoms with E-state index in [0.29, 0.717) is 10.9 Å². The van der Waals surface area contributed by atoms with Crippen molar-refractivity contribution in [1.82, 2.24) is 15.3 Å². The summed E-state index contributed by atoms with van der Waals surface area (Å²) in [6.07, 6.45) is 1.87. The lowest BCUT2D eigenvalue weighted by atomic mass is 10.3. The van der Waals surface area contributed by atoms with Crippen LogP contribution in [0.1, 0.15) is 4.88 Å². The van der Waals surface area contributed by atoms with Crippen LogP contribution in [0.5, 0.6) is 0 Å². The van der Waals surface area contributed by atoms with E-state index >= 15 is 0 Å². The average molecular weight is 292 g/mol. The molecule has 1 aliphatic rings. The molecule has 0 spiro atoms. The van der Waals surface area contributed by atoms with Crippen LogP contribution in [0.4, 0.5) is 0 Å². The van der Waals surface area contributed by atoms with E-state index < -0.39 is 5.03 Å². The first kappa shape index (κ1) is 13.0. The van der Waals surface area contributed by atoms with Crippen LogP contribution in [0.3, 0.4) is 0 Å². The molecule has 98 valence electrons. The van der Waals surface area contributed by atoms with Crippen molar-refractivity contribution in [2.45, 2.75) is 12.6 Å². The van der Waals surface area contributed by atoms with Crippen molar-refractivity contribution in [3.05, 3.63) is 25.7 Å². The summed E-state index contributed by atoms with van der Waals surface area (Å²) in [5.74, 6) is 0.173. The van der Waals surface area contributed by atoms with E-state index in [1.165, 1.54) is 11.3 Å². The van der Waals surface area contributed by atoms with Gasteiger partial charge < -0.3 is 9.64 Å². The van der Waals surface area contributed by atoms with Gasteiger partial charge in [-0.2, -0.15) is 0 Å². The molecule has 0 aromatic carbocycles. The SMILES string of the molecule is CN1C(N[N+](=O)[O-])=NCOC1Cc1cnc(Cl)s1. The summed E-state index contributed by atoms with van der Waals surface area (Å²) in [7, 11) is 1.67. The number of hydrogen-bond acceptors (Lipinski definition) is 7. The second-order valence-corrected chi connectivity index (χ2v) is 5.19. The number of hydrazine groups is 1. The van der Waals surface area contributed by atoms with Crippen molar-refractivity contribution in [2.24, 2.45) is 4.99 Å². The Bertz CT molecular complexity index is 479. The summed E-state index contributed by atoms with van der Waals surface area (Å²) in [4.78, 5) is 20.7. The van der Waals surface area contributed by atoms with Gasteiger partial charge in [-0.1, -0.05) is 17.0 Å². The molecule has 2 rings (SSSR count). The topological polar surface area (TPSA) is 92.9 Å². The Hall–Kier alpha value is -1.45. The predicted molar refractivity (Wildman–Crippen MR) is 65.9 cm³/mol. The molecule has 0 amide bonds. The van der Waals surface area contributed by atoms with Crippen molar-refractivity contribution >= 4 is 28.9 Å². The monoisotopic (exact) mass is 291 g/mol. The van der Waals surface area contributed by atoms with Crippen molar-refractivity contribution in [3.63, 3.8) is 0 Å². The zero-order chi connectivity index (χ0) is 13.1. The first-order valence-electron chi connectivity index (χ1n) is 4.96. The maximum atomic E-state index is 10.4. The molecule has 10 heteroatoms. The fourth-order valence-electron chi connectivity index (χ4n) is 1.49. The third-order valence-corrected chi connectivity index (χ3v) is 3.48. The molecular weight excluding hydrogens is 282 g/mol. The number of nitrogens with one attached hydrogen (secondary N) is 1. The summed E-state index contributed by atoms with van der Waals surface area (Å²) in [5, 5.41) is 9.75. The Morgan fingerprint density at radius 3 is 3.22 bits per heavy atom. The van der Waals surface area contributed by atoms with Gasteiger partial charge in [0.15, 0.2) is 9.50 Å². The largest absolute Gasteiger partial charge is 0.336 e. The summed E-state index contributed by atoms with van der Waals surface area (Å²) in [6.45, 7) is 0.0811. The standard InChI is InChI=1S/C8H10ClN5O3S/c1-13-6(2-5-3-10-7(9)18-5)17-4-11-8(13)12-14(15)16/h3,6H,2,4H2,1H3,(H,11,12). The Morgan fingerprint density at radius 2 is 2.61 bits per heavy atom. The van der Waals surface area contributed by atoms with Gasteiger partial charge in [0.1, 0.15) is 13.0 Å². The van der Waals surface area contributed by atoms with Gasteiger partial charge in [-0.3, -0.25) is 0 Å². The Balaban J connectivity index is 2.02. The Kier molecular flexibility index (Phi) is 3.94. The lowest BCUT2D eigenvalue weighted by Crippen LogP contribution is -2.51. The van der Waals surface area contributed by atoms with E-state index in [4.69, 9.17) is 16.3 Å². The number of nitrogens with zero attached hydrogens (tertiary/aromatic N) is 4. The number of aromatic nitrogens is 1. The van der Waals surface area contributed by atoms with Crippen molar-refractivity contribution < 1.29 is 9.77 Å². The molecule has 8 nitrogen and oxygen atoms in total. The van der Waals surface area contributed by atoms with Gasteiger partial charge in [0.2, 0.25) is 0 Å². The minimum Gasteiger partial charge on any atom is -0.336 e. The molecule has 1 unspecified atom stereocenters. The summed E-state index contributed by atoms with van der Waals surface area (Å²) < 4.78 is 5.89. The van der Waals surface area contributed by atoms with Crippen molar-refractivity contribution in [2.75, 3.05) is 13.8 Å². The summed E-state index contributed by atoms with van der Waals surface area (Å²) >= 11 is 7.09. The highest BCUT2D eigenvalue weighted by molar-refractivity contribution is 7.15. The minimum absolute atomic E-state index is 0.0811. The maximum absolute atomic E-state index is 10.4. The fraction of sp³-hybridized carbons (Fsp3) is 0.500. The number of aliphatic imine (C=N–C) groups is 1.